The van der Waals surface area contributed by atoms with Gasteiger partial charge in [-0.25, -0.2) is 0 Å². The molecule has 0 aliphatic heterocycles. The van der Waals surface area contributed by atoms with Crippen LogP contribution in [0.4, 0.5) is 5.13 Å². The van der Waals surface area contributed by atoms with Gasteiger partial charge >= 0.3 is 0 Å². The normalized spacial score (nSPS) is 12.4. The monoisotopic (exact) mass is 183 g/mol. The summed E-state index contributed by atoms with van der Waals surface area (Å²) in [6.45, 7) is 5.81. The highest BCUT2D eigenvalue weighted by molar-refractivity contribution is 7.13. The van der Waals surface area contributed by atoms with E-state index in [1.54, 1.807) is 5.51 Å². The van der Waals surface area contributed by atoms with Crippen molar-refractivity contribution >= 4 is 16.5 Å². The van der Waals surface area contributed by atoms with E-state index in [0.29, 0.717) is 6.04 Å². The quantitative estimate of drug-likeness (QED) is 0.712. The molecule has 0 bridgehead atoms. The summed E-state index contributed by atoms with van der Waals surface area (Å²) in [5.74, 6) is 0. The Labute approximate surface area is 76.5 Å². The third-order valence-corrected chi connectivity index (χ3v) is 2.16. The number of hydrogen-bond acceptors (Lipinski definition) is 4. The van der Waals surface area contributed by atoms with Gasteiger partial charge in [-0.05, 0) is 19.8 Å². The van der Waals surface area contributed by atoms with Gasteiger partial charge in [0.1, 0.15) is 5.51 Å². The van der Waals surface area contributed by atoms with Crippen molar-refractivity contribution in [2.45, 2.75) is 25.8 Å². The van der Waals surface area contributed by atoms with E-state index >= 15 is 0 Å². The lowest BCUT2D eigenvalue weighted by Gasteiger charge is -2.09. The Kier molecular flexibility index (Phi) is 3.73. The molecular formula is C8H13N3S. The largest absolute Gasteiger partial charge is 0.358 e. The summed E-state index contributed by atoms with van der Waals surface area (Å²) in [5.41, 5.74) is 1.72. The Balaban J connectivity index is 2.26. The second-order valence-electron chi connectivity index (χ2n) is 2.66. The lowest BCUT2D eigenvalue weighted by molar-refractivity contribution is 0.716. The highest BCUT2D eigenvalue weighted by Crippen LogP contribution is 2.11. The maximum atomic E-state index is 3.90. The molecule has 1 N–H and O–H groups in total. The minimum absolute atomic E-state index is 0.441. The number of aromatic nitrogens is 2. The van der Waals surface area contributed by atoms with Crippen molar-refractivity contribution in [2.24, 2.45) is 0 Å². The summed E-state index contributed by atoms with van der Waals surface area (Å²) >= 11 is 1.53. The molecule has 0 aliphatic carbocycles. The maximum Gasteiger partial charge on any atom is 0.205 e. The van der Waals surface area contributed by atoms with E-state index in [1.807, 2.05) is 6.08 Å². The van der Waals surface area contributed by atoms with Crippen molar-refractivity contribution in [3.05, 3.63) is 18.2 Å². The smallest absolute Gasteiger partial charge is 0.205 e. The van der Waals surface area contributed by atoms with E-state index in [0.717, 1.165) is 18.0 Å². The Bertz CT molecular complexity index is 220. The number of allylic oxidation sites excluding steroid dienone is 1. The maximum absolute atomic E-state index is 3.90. The van der Waals surface area contributed by atoms with Crippen LogP contribution in [0.2, 0.25) is 0 Å². The minimum atomic E-state index is 0.441. The third kappa shape index (κ3) is 3.00. The minimum Gasteiger partial charge on any atom is -0.358 e. The van der Waals surface area contributed by atoms with E-state index in [9.17, 15) is 0 Å². The molecule has 0 aromatic carbocycles. The van der Waals surface area contributed by atoms with Gasteiger partial charge in [0.15, 0.2) is 0 Å². The molecule has 4 heteroatoms. The summed E-state index contributed by atoms with van der Waals surface area (Å²) < 4.78 is 0. The van der Waals surface area contributed by atoms with Crippen LogP contribution in [0, 0.1) is 0 Å². The summed E-state index contributed by atoms with van der Waals surface area (Å²) in [5, 5.41) is 11.8. The van der Waals surface area contributed by atoms with Crippen molar-refractivity contribution in [3.8, 4) is 0 Å². The van der Waals surface area contributed by atoms with Crippen molar-refractivity contribution < 1.29 is 0 Å². The zero-order chi connectivity index (χ0) is 8.81. The van der Waals surface area contributed by atoms with Crippen LogP contribution in [-0.4, -0.2) is 16.2 Å². The molecule has 12 heavy (non-hydrogen) atoms. The lowest BCUT2D eigenvalue weighted by atomic mass is 10.2. The van der Waals surface area contributed by atoms with Crippen molar-refractivity contribution in [3.63, 3.8) is 0 Å². The summed E-state index contributed by atoms with van der Waals surface area (Å²) in [7, 11) is 0. The van der Waals surface area contributed by atoms with Gasteiger partial charge in [0.25, 0.3) is 0 Å². The van der Waals surface area contributed by atoms with Crippen LogP contribution in [0.3, 0.4) is 0 Å². The predicted octanol–water partition coefficient (Wildman–Crippen LogP) is 2.30. The molecule has 66 valence electrons. The molecule has 1 heterocycles. The molecule has 1 atom stereocenters. The number of nitrogens with zero attached hydrogens (tertiary/aromatic N) is 2. The fourth-order valence-corrected chi connectivity index (χ4v) is 1.44. The van der Waals surface area contributed by atoms with Crippen LogP contribution in [0.15, 0.2) is 18.2 Å². The molecule has 1 rings (SSSR count). The number of anilines is 1. The van der Waals surface area contributed by atoms with Crippen LogP contribution >= 0.6 is 11.3 Å². The van der Waals surface area contributed by atoms with Crippen molar-refractivity contribution in [2.75, 3.05) is 5.32 Å². The predicted molar refractivity (Wildman–Crippen MR) is 52.4 cm³/mol. The van der Waals surface area contributed by atoms with E-state index in [1.165, 1.54) is 11.3 Å². The molecular weight excluding hydrogens is 170 g/mol. The molecule has 0 spiro atoms. The van der Waals surface area contributed by atoms with Gasteiger partial charge in [0.2, 0.25) is 5.13 Å². The molecule has 1 unspecified atom stereocenters. The van der Waals surface area contributed by atoms with Gasteiger partial charge in [0.05, 0.1) is 0 Å². The topological polar surface area (TPSA) is 37.8 Å². The van der Waals surface area contributed by atoms with Gasteiger partial charge in [-0.1, -0.05) is 17.4 Å². The fourth-order valence-electron chi connectivity index (χ4n) is 0.887. The zero-order valence-corrected chi connectivity index (χ0v) is 7.97. The first-order valence-corrected chi connectivity index (χ1v) is 4.84. The first kappa shape index (κ1) is 9.19. The van der Waals surface area contributed by atoms with Gasteiger partial charge in [0, 0.05) is 6.04 Å². The van der Waals surface area contributed by atoms with Crippen molar-refractivity contribution in [1.82, 2.24) is 10.2 Å². The highest BCUT2D eigenvalue weighted by atomic mass is 32.1. The summed E-state index contributed by atoms with van der Waals surface area (Å²) in [6, 6.07) is 0.441. The molecule has 1 aromatic heterocycles. The molecule has 0 fully saturated rings. The third-order valence-electron chi connectivity index (χ3n) is 1.53. The molecule has 0 aliphatic rings. The van der Waals surface area contributed by atoms with E-state index in [2.05, 4.69) is 29.0 Å². The molecule has 0 radical (unpaired) electrons. The van der Waals surface area contributed by atoms with E-state index in [-0.39, 0.29) is 0 Å². The molecule has 0 saturated carbocycles. The Morgan fingerprint density at radius 1 is 1.83 bits per heavy atom. The second kappa shape index (κ2) is 4.87. The van der Waals surface area contributed by atoms with Gasteiger partial charge < -0.3 is 5.32 Å². The Morgan fingerprint density at radius 2 is 2.67 bits per heavy atom. The van der Waals surface area contributed by atoms with E-state index < -0.39 is 0 Å². The number of hydrogen-bond donors (Lipinski definition) is 1. The summed E-state index contributed by atoms with van der Waals surface area (Å²) in [6.07, 6.45) is 4.05. The highest BCUT2D eigenvalue weighted by Gasteiger charge is 2.01. The number of rotatable bonds is 5. The van der Waals surface area contributed by atoms with Crippen LogP contribution in [0.1, 0.15) is 19.8 Å². The Morgan fingerprint density at radius 3 is 3.25 bits per heavy atom. The van der Waals surface area contributed by atoms with Crippen LogP contribution in [0.25, 0.3) is 0 Å². The van der Waals surface area contributed by atoms with Crippen LogP contribution in [-0.2, 0) is 0 Å². The second-order valence-corrected chi connectivity index (χ2v) is 3.49. The Hall–Kier alpha value is -0.900. The SMILES string of the molecule is C=CCCC(C)Nc1nncs1. The average Bonchev–Trinajstić information content (AvgIpc) is 2.53. The van der Waals surface area contributed by atoms with Crippen LogP contribution < -0.4 is 5.32 Å². The molecule has 0 amide bonds. The molecule has 1 aromatic rings. The lowest BCUT2D eigenvalue weighted by Crippen LogP contribution is -2.14. The summed E-state index contributed by atoms with van der Waals surface area (Å²) in [4.78, 5) is 0. The first-order valence-electron chi connectivity index (χ1n) is 3.96. The number of nitrogens with one attached hydrogen (secondary N) is 1. The van der Waals surface area contributed by atoms with Gasteiger partial charge in [-0.15, -0.1) is 16.8 Å². The van der Waals surface area contributed by atoms with Crippen LogP contribution in [0.5, 0.6) is 0 Å². The standard InChI is InChI=1S/C8H13N3S/c1-3-4-5-7(2)10-8-11-9-6-12-8/h3,6-7H,1,4-5H2,2H3,(H,10,11). The zero-order valence-electron chi connectivity index (χ0n) is 7.16. The van der Waals surface area contributed by atoms with Crippen molar-refractivity contribution in [1.29, 1.82) is 0 Å². The molecule has 3 nitrogen and oxygen atoms in total. The first-order chi connectivity index (χ1) is 5.83. The van der Waals surface area contributed by atoms with Gasteiger partial charge in [-0.3, -0.25) is 0 Å². The average molecular weight is 183 g/mol. The fraction of sp³-hybridized carbons (Fsp3) is 0.500. The van der Waals surface area contributed by atoms with Gasteiger partial charge in [-0.2, -0.15) is 0 Å². The molecule has 0 saturated heterocycles. The van der Waals surface area contributed by atoms with E-state index in [4.69, 9.17) is 0 Å².